The lowest BCUT2D eigenvalue weighted by molar-refractivity contribution is 0.0998. The summed E-state index contributed by atoms with van der Waals surface area (Å²) in [4.78, 5) is 16.6. The molecule has 4 nitrogen and oxygen atoms in total. The number of nitrogens with one attached hydrogen (secondary N) is 1. The number of carbonyl (C=O) groups excluding carboxylic acids is 1. The van der Waals surface area contributed by atoms with Crippen molar-refractivity contribution in [2.24, 2.45) is 0 Å². The summed E-state index contributed by atoms with van der Waals surface area (Å²) in [5.74, 6) is 0.462. The van der Waals surface area contributed by atoms with Gasteiger partial charge in [-0.1, -0.05) is 26.0 Å². The van der Waals surface area contributed by atoms with Gasteiger partial charge in [0.05, 0.1) is 0 Å². The van der Waals surface area contributed by atoms with Crippen molar-refractivity contribution in [1.29, 1.82) is 0 Å². The Labute approximate surface area is 129 Å². The van der Waals surface area contributed by atoms with E-state index < -0.39 is 0 Å². The molecule has 0 atom stereocenters. The predicted molar refractivity (Wildman–Crippen MR) is 87.2 cm³/mol. The Morgan fingerprint density at radius 2 is 1.86 bits per heavy atom. The molecule has 3 aromatic rings. The van der Waals surface area contributed by atoms with Gasteiger partial charge < -0.3 is 9.73 Å². The fourth-order valence-electron chi connectivity index (χ4n) is 2.28. The first-order valence-electron chi connectivity index (χ1n) is 7.31. The van der Waals surface area contributed by atoms with Gasteiger partial charge in [0.1, 0.15) is 5.52 Å². The van der Waals surface area contributed by atoms with E-state index in [0.29, 0.717) is 17.0 Å². The van der Waals surface area contributed by atoms with Gasteiger partial charge in [0.15, 0.2) is 11.3 Å². The number of anilines is 1. The Hall–Kier alpha value is -2.62. The quantitative estimate of drug-likeness (QED) is 0.773. The Kier molecular flexibility index (Phi) is 3.67. The number of benzene rings is 1. The molecule has 0 unspecified atom stereocenters. The zero-order valence-electron chi connectivity index (χ0n) is 12.9. The number of amides is 1. The number of hydrogen-bond acceptors (Lipinski definition) is 3. The molecule has 1 amide bonds. The van der Waals surface area contributed by atoms with Crippen LogP contribution in [-0.4, -0.2) is 10.9 Å². The minimum atomic E-state index is -0.270. The van der Waals surface area contributed by atoms with Gasteiger partial charge in [0, 0.05) is 17.4 Å². The molecule has 0 aliphatic heterocycles. The summed E-state index contributed by atoms with van der Waals surface area (Å²) >= 11 is 0. The molecule has 3 rings (SSSR count). The van der Waals surface area contributed by atoms with E-state index in [1.165, 1.54) is 5.56 Å². The molecule has 0 saturated carbocycles. The number of aromatic nitrogens is 1. The molecule has 0 aliphatic rings. The highest BCUT2D eigenvalue weighted by molar-refractivity contribution is 6.04. The smallest absolute Gasteiger partial charge is 0.291 e. The minimum Gasteiger partial charge on any atom is -0.449 e. The number of pyridine rings is 1. The average molecular weight is 294 g/mol. The number of nitrogens with zero attached hydrogens (tertiary/aromatic N) is 1. The van der Waals surface area contributed by atoms with Gasteiger partial charge in [-0.2, -0.15) is 0 Å². The van der Waals surface area contributed by atoms with E-state index in [0.717, 1.165) is 11.4 Å². The molecule has 0 radical (unpaired) electrons. The van der Waals surface area contributed by atoms with E-state index >= 15 is 0 Å². The molecule has 112 valence electrons. The molecule has 1 aromatic carbocycles. The van der Waals surface area contributed by atoms with Crippen LogP contribution < -0.4 is 5.32 Å². The van der Waals surface area contributed by atoms with Crippen LogP contribution in [0.25, 0.3) is 11.1 Å². The highest BCUT2D eigenvalue weighted by atomic mass is 16.3. The first-order valence-corrected chi connectivity index (χ1v) is 7.31. The first-order chi connectivity index (χ1) is 10.5. The molecule has 0 bridgehead atoms. The fourth-order valence-corrected chi connectivity index (χ4v) is 2.28. The number of carbonyl (C=O) groups is 1. The molecule has 0 saturated heterocycles. The van der Waals surface area contributed by atoms with Crippen LogP contribution in [0, 0.1) is 6.92 Å². The molecular formula is C18H18N2O2. The van der Waals surface area contributed by atoms with Crippen molar-refractivity contribution in [3.63, 3.8) is 0 Å². The Bertz CT molecular complexity index is 817. The van der Waals surface area contributed by atoms with E-state index in [9.17, 15) is 4.79 Å². The lowest BCUT2D eigenvalue weighted by Gasteiger charge is -2.07. The van der Waals surface area contributed by atoms with Gasteiger partial charge in [-0.3, -0.25) is 4.79 Å². The monoisotopic (exact) mass is 294 g/mol. The van der Waals surface area contributed by atoms with Crippen molar-refractivity contribution >= 4 is 22.7 Å². The minimum absolute atomic E-state index is 0.265. The van der Waals surface area contributed by atoms with Crippen LogP contribution in [0.1, 0.15) is 41.6 Å². The van der Waals surface area contributed by atoms with Crippen molar-refractivity contribution < 1.29 is 9.21 Å². The number of fused-ring (bicyclic) bond motifs is 1. The summed E-state index contributed by atoms with van der Waals surface area (Å²) in [6.07, 6.45) is 0. The molecule has 2 heterocycles. The number of furan rings is 1. The molecule has 0 fully saturated rings. The molecular weight excluding hydrogens is 276 g/mol. The summed E-state index contributed by atoms with van der Waals surface area (Å²) in [6.45, 7) is 6.18. The van der Waals surface area contributed by atoms with E-state index in [-0.39, 0.29) is 11.7 Å². The van der Waals surface area contributed by atoms with Gasteiger partial charge in [-0.15, -0.1) is 0 Å². The van der Waals surface area contributed by atoms with Gasteiger partial charge in [-0.25, -0.2) is 4.98 Å². The number of aryl methyl sites for hydroxylation is 1. The van der Waals surface area contributed by atoms with Crippen molar-refractivity contribution in [3.05, 3.63) is 59.5 Å². The van der Waals surface area contributed by atoms with Crippen LogP contribution in [0.2, 0.25) is 0 Å². The summed E-state index contributed by atoms with van der Waals surface area (Å²) < 4.78 is 5.54. The molecule has 22 heavy (non-hydrogen) atoms. The summed E-state index contributed by atoms with van der Waals surface area (Å²) in [5.41, 5.74) is 4.19. The van der Waals surface area contributed by atoms with Crippen LogP contribution in [0.3, 0.4) is 0 Å². The molecule has 4 heteroatoms. The Morgan fingerprint density at radius 3 is 2.55 bits per heavy atom. The summed E-state index contributed by atoms with van der Waals surface area (Å²) in [7, 11) is 0. The second-order valence-electron chi connectivity index (χ2n) is 5.68. The highest BCUT2D eigenvalue weighted by Gasteiger charge is 2.13. The molecule has 0 spiro atoms. The van der Waals surface area contributed by atoms with Gasteiger partial charge in [-0.05, 0) is 42.7 Å². The normalized spacial score (nSPS) is 11.1. The van der Waals surface area contributed by atoms with E-state index in [1.807, 2.05) is 43.3 Å². The zero-order valence-corrected chi connectivity index (χ0v) is 12.9. The van der Waals surface area contributed by atoms with Crippen molar-refractivity contribution in [2.75, 3.05) is 5.32 Å². The highest BCUT2D eigenvalue weighted by Crippen LogP contribution is 2.20. The van der Waals surface area contributed by atoms with E-state index in [4.69, 9.17) is 4.42 Å². The maximum absolute atomic E-state index is 12.3. The number of hydrogen-bond donors (Lipinski definition) is 1. The third-order valence-electron chi connectivity index (χ3n) is 3.57. The van der Waals surface area contributed by atoms with Crippen LogP contribution in [0.4, 0.5) is 5.69 Å². The largest absolute Gasteiger partial charge is 0.449 e. The summed E-state index contributed by atoms with van der Waals surface area (Å²) in [6, 6.07) is 13.2. The molecule has 1 N–H and O–H groups in total. The van der Waals surface area contributed by atoms with Crippen molar-refractivity contribution in [2.45, 2.75) is 26.7 Å². The fraction of sp³-hybridized carbons (Fsp3) is 0.222. The lowest BCUT2D eigenvalue weighted by Crippen LogP contribution is -2.10. The Balaban J connectivity index is 1.80. The third-order valence-corrected chi connectivity index (χ3v) is 3.57. The second kappa shape index (κ2) is 5.64. The van der Waals surface area contributed by atoms with Gasteiger partial charge in [0.25, 0.3) is 5.91 Å². The van der Waals surface area contributed by atoms with Crippen LogP contribution in [0.5, 0.6) is 0 Å². The van der Waals surface area contributed by atoms with Crippen LogP contribution in [-0.2, 0) is 0 Å². The third kappa shape index (κ3) is 2.86. The molecule has 2 aromatic heterocycles. The molecule has 0 aliphatic carbocycles. The van der Waals surface area contributed by atoms with E-state index in [2.05, 4.69) is 24.1 Å². The zero-order chi connectivity index (χ0) is 15.7. The van der Waals surface area contributed by atoms with Gasteiger partial charge in [0.2, 0.25) is 0 Å². The van der Waals surface area contributed by atoms with Gasteiger partial charge >= 0.3 is 0 Å². The first kappa shape index (κ1) is 14.3. The van der Waals surface area contributed by atoms with Crippen LogP contribution >= 0.6 is 0 Å². The lowest BCUT2D eigenvalue weighted by atomic mass is 10.0. The van der Waals surface area contributed by atoms with Crippen molar-refractivity contribution in [1.82, 2.24) is 4.98 Å². The van der Waals surface area contributed by atoms with E-state index in [1.54, 1.807) is 6.07 Å². The maximum atomic E-state index is 12.3. The summed E-state index contributed by atoms with van der Waals surface area (Å²) in [5, 5.41) is 2.84. The second-order valence-corrected chi connectivity index (χ2v) is 5.68. The number of rotatable bonds is 3. The predicted octanol–water partition coefficient (Wildman–Crippen LogP) is 4.51. The Morgan fingerprint density at radius 1 is 1.14 bits per heavy atom. The van der Waals surface area contributed by atoms with Crippen molar-refractivity contribution in [3.8, 4) is 0 Å². The average Bonchev–Trinajstić information content (AvgIpc) is 2.91. The SMILES string of the molecule is Cc1ccc2oc(C(=O)Nc3ccc(C(C)C)cc3)cc2n1. The van der Waals surface area contributed by atoms with Crippen LogP contribution in [0.15, 0.2) is 46.9 Å². The topological polar surface area (TPSA) is 55.1 Å². The standard InChI is InChI=1S/C18H18N2O2/c1-11(2)13-5-7-14(8-6-13)20-18(21)17-10-15-16(22-17)9-4-12(3)19-15/h4-11H,1-3H3,(H,20,21). The maximum Gasteiger partial charge on any atom is 0.291 e.